The lowest BCUT2D eigenvalue weighted by Gasteiger charge is -2.23. The molecule has 5 nitrogen and oxygen atoms in total. The fraction of sp³-hybridized carbons (Fsp3) is 0.292. The number of carbonyl (C=O) groups excluding carboxylic acids is 1. The predicted molar refractivity (Wildman–Crippen MR) is 123 cm³/mol. The van der Waals surface area contributed by atoms with Crippen LogP contribution in [0.1, 0.15) is 36.0 Å². The molecule has 1 aliphatic heterocycles. The van der Waals surface area contributed by atoms with Gasteiger partial charge in [0.25, 0.3) is 0 Å². The Labute approximate surface area is 179 Å². The van der Waals surface area contributed by atoms with Gasteiger partial charge < -0.3 is 9.32 Å². The average molecular weight is 421 g/mol. The van der Waals surface area contributed by atoms with Crippen LogP contribution in [0.3, 0.4) is 0 Å². The summed E-state index contributed by atoms with van der Waals surface area (Å²) in [5.41, 5.74) is 0.858. The normalized spacial score (nSPS) is 15.2. The van der Waals surface area contributed by atoms with Gasteiger partial charge in [-0.2, -0.15) is 0 Å². The molecule has 0 unspecified atom stereocenters. The van der Waals surface area contributed by atoms with Crippen LogP contribution in [-0.2, 0) is 0 Å². The summed E-state index contributed by atoms with van der Waals surface area (Å²) < 4.78 is 5.32. The van der Waals surface area contributed by atoms with E-state index in [1.807, 2.05) is 42.5 Å². The van der Waals surface area contributed by atoms with E-state index < -0.39 is 5.63 Å². The van der Waals surface area contributed by atoms with Crippen LogP contribution in [0.15, 0.2) is 74.9 Å². The molecule has 0 radical (unpaired) electrons. The largest absolute Gasteiger partial charge is 0.422 e. The van der Waals surface area contributed by atoms with Gasteiger partial charge >= 0.3 is 5.63 Å². The molecule has 0 amide bonds. The van der Waals surface area contributed by atoms with Gasteiger partial charge in [-0.1, -0.05) is 61.0 Å². The number of fused-ring (bicyclic) bond motifs is 1. The smallest absolute Gasteiger partial charge is 0.347 e. The van der Waals surface area contributed by atoms with Crippen LogP contribution in [0.25, 0.3) is 11.0 Å². The van der Waals surface area contributed by atoms with E-state index in [4.69, 9.17) is 9.41 Å². The van der Waals surface area contributed by atoms with Crippen molar-refractivity contribution in [2.24, 2.45) is 4.99 Å². The molecule has 0 saturated carbocycles. The Balaban J connectivity index is 1.56. The minimum Gasteiger partial charge on any atom is -0.422 e. The summed E-state index contributed by atoms with van der Waals surface area (Å²) >= 11 is 1.40. The number of likely N-dealkylation sites (tertiary alicyclic amines) is 1. The van der Waals surface area contributed by atoms with Gasteiger partial charge in [-0.25, -0.2) is 9.79 Å². The van der Waals surface area contributed by atoms with Crippen LogP contribution in [0.5, 0.6) is 0 Å². The molecular weight excluding hydrogens is 396 g/mol. The summed E-state index contributed by atoms with van der Waals surface area (Å²) in [5, 5.41) is 1.58. The maximum atomic E-state index is 12.9. The summed E-state index contributed by atoms with van der Waals surface area (Å²) in [6, 6.07) is 18.6. The van der Waals surface area contributed by atoms with Gasteiger partial charge in [-0.15, -0.1) is 0 Å². The molecule has 0 atom stereocenters. The van der Waals surface area contributed by atoms with E-state index in [2.05, 4.69) is 4.90 Å². The number of ketones is 1. The number of nitrogens with zero attached hydrogens (tertiary/aromatic N) is 2. The second-order valence-corrected chi connectivity index (χ2v) is 8.27. The molecule has 1 saturated heterocycles. The lowest BCUT2D eigenvalue weighted by Crippen LogP contribution is -2.30. The Hall–Kier alpha value is -2.86. The number of hydrogen-bond acceptors (Lipinski definition) is 5. The minimum absolute atomic E-state index is 0.0936. The Morgan fingerprint density at radius 1 is 0.967 bits per heavy atom. The number of thioether (sulfide) groups is 1. The fourth-order valence-electron chi connectivity index (χ4n) is 3.53. The number of benzene rings is 2. The molecule has 3 aromatic rings. The second-order valence-electron chi connectivity index (χ2n) is 7.33. The molecule has 6 heteroatoms. The Morgan fingerprint density at radius 2 is 1.67 bits per heavy atom. The van der Waals surface area contributed by atoms with Crippen molar-refractivity contribution in [3.8, 4) is 0 Å². The van der Waals surface area contributed by atoms with Crippen molar-refractivity contribution < 1.29 is 9.21 Å². The van der Waals surface area contributed by atoms with Gasteiger partial charge in [0.15, 0.2) is 11.0 Å². The van der Waals surface area contributed by atoms with E-state index in [-0.39, 0.29) is 17.1 Å². The summed E-state index contributed by atoms with van der Waals surface area (Å²) in [6.07, 6.45) is 4.68. The third kappa shape index (κ3) is 5.00. The third-order valence-corrected chi connectivity index (χ3v) is 6.15. The van der Waals surface area contributed by atoms with Gasteiger partial charge in [-0.05, 0) is 37.1 Å². The third-order valence-electron chi connectivity index (χ3n) is 5.13. The van der Waals surface area contributed by atoms with E-state index in [0.29, 0.717) is 5.58 Å². The predicted octanol–water partition coefficient (Wildman–Crippen LogP) is 5.27. The molecule has 154 valence electrons. The summed E-state index contributed by atoms with van der Waals surface area (Å²) in [6.45, 7) is 1.87. The highest BCUT2D eigenvalue weighted by atomic mass is 32.2. The zero-order valence-electron chi connectivity index (χ0n) is 16.8. The van der Waals surface area contributed by atoms with E-state index in [0.717, 1.165) is 42.2 Å². The second kappa shape index (κ2) is 9.76. The van der Waals surface area contributed by atoms with E-state index >= 15 is 0 Å². The number of Topliss-reactive ketones (excluding diaryl/α,β-unsaturated/α-hetero) is 1. The highest BCUT2D eigenvalue weighted by Crippen LogP contribution is 2.22. The number of amidine groups is 1. The topological polar surface area (TPSA) is 62.9 Å². The van der Waals surface area contributed by atoms with Crippen LogP contribution in [0.2, 0.25) is 0 Å². The van der Waals surface area contributed by atoms with Crippen molar-refractivity contribution in [2.75, 3.05) is 18.8 Å². The van der Waals surface area contributed by atoms with E-state index in [1.54, 1.807) is 18.2 Å². The van der Waals surface area contributed by atoms with Crippen molar-refractivity contribution in [3.05, 3.63) is 76.6 Å². The maximum absolute atomic E-state index is 12.9. The summed E-state index contributed by atoms with van der Waals surface area (Å²) in [4.78, 5) is 32.3. The van der Waals surface area contributed by atoms with Crippen molar-refractivity contribution in [1.82, 2.24) is 4.90 Å². The zero-order valence-corrected chi connectivity index (χ0v) is 17.6. The standard InChI is InChI=1S/C24H24N2O3S/c27-21(20-16-18-10-6-7-13-22(18)29-23(20)28)17-30-24(25-19-11-4-3-5-12-19)26-14-8-1-2-9-15-26/h3-7,10-13,16H,1-2,8-9,14-15,17H2. The first kappa shape index (κ1) is 20.4. The lowest BCUT2D eigenvalue weighted by molar-refractivity contribution is 0.101. The first-order valence-electron chi connectivity index (χ1n) is 10.3. The Morgan fingerprint density at radius 3 is 2.43 bits per heavy atom. The van der Waals surface area contributed by atoms with Crippen molar-refractivity contribution in [2.45, 2.75) is 25.7 Å². The zero-order chi connectivity index (χ0) is 20.8. The number of para-hydroxylation sites is 2. The van der Waals surface area contributed by atoms with Gasteiger partial charge in [0, 0.05) is 18.5 Å². The van der Waals surface area contributed by atoms with Gasteiger partial charge in [0.05, 0.1) is 11.4 Å². The molecule has 1 aromatic heterocycles. The number of aliphatic imine (C=N–C) groups is 1. The van der Waals surface area contributed by atoms with Crippen LogP contribution in [0.4, 0.5) is 5.69 Å². The minimum atomic E-state index is -0.587. The monoisotopic (exact) mass is 420 g/mol. The van der Waals surface area contributed by atoms with Crippen LogP contribution in [-0.4, -0.2) is 34.7 Å². The maximum Gasteiger partial charge on any atom is 0.347 e. The summed E-state index contributed by atoms with van der Waals surface area (Å²) in [7, 11) is 0. The summed E-state index contributed by atoms with van der Waals surface area (Å²) in [5.74, 6) is -0.0965. The highest BCUT2D eigenvalue weighted by molar-refractivity contribution is 8.14. The lowest BCUT2D eigenvalue weighted by atomic mass is 10.1. The van der Waals surface area contributed by atoms with Crippen molar-refractivity contribution in [1.29, 1.82) is 0 Å². The van der Waals surface area contributed by atoms with E-state index in [1.165, 1.54) is 24.6 Å². The average Bonchev–Trinajstić information content (AvgIpc) is 3.06. The van der Waals surface area contributed by atoms with Crippen molar-refractivity contribution in [3.63, 3.8) is 0 Å². The SMILES string of the molecule is O=C(CSC(=Nc1ccccc1)N1CCCCCC1)c1cc2ccccc2oc1=O. The van der Waals surface area contributed by atoms with Gasteiger partial charge in [0.1, 0.15) is 11.1 Å². The van der Waals surface area contributed by atoms with E-state index in [9.17, 15) is 9.59 Å². The molecule has 0 spiro atoms. The fourth-order valence-corrected chi connectivity index (χ4v) is 4.48. The molecule has 4 rings (SSSR count). The Kier molecular flexibility index (Phi) is 6.64. The van der Waals surface area contributed by atoms with Crippen LogP contribution >= 0.6 is 11.8 Å². The quantitative estimate of drug-likeness (QED) is 0.249. The van der Waals surface area contributed by atoms with Crippen LogP contribution < -0.4 is 5.63 Å². The molecule has 2 heterocycles. The van der Waals surface area contributed by atoms with Gasteiger partial charge in [-0.3, -0.25) is 4.79 Å². The highest BCUT2D eigenvalue weighted by Gasteiger charge is 2.19. The first-order chi connectivity index (χ1) is 14.7. The first-order valence-corrected chi connectivity index (χ1v) is 11.3. The molecule has 0 bridgehead atoms. The number of hydrogen-bond donors (Lipinski definition) is 0. The van der Waals surface area contributed by atoms with Crippen molar-refractivity contribution >= 4 is 39.4 Å². The molecule has 2 aromatic carbocycles. The molecule has 1 aliphatic rings. The number of rotatable bonds is 4. The molecule has 1 fully saturated rings. The Bertz CT molecular complexity index is 1100. The number of carbonyl (C=O) groups is 1. The molecule has 0 N–H and O–H groups in total. The molecular formula is C24H24N2O3S. The molecule has 0 aliphatic carbocycles. The molecule has 30 heavy (non-hydrogen) atoms. The van der Waals surface area contributed by atoms with Crippen LogP contribution in [0, 0.1) is 0 Å². The van der Waals surface area contributed by atoms with Gasteiger partial charge in [0.2, 0.25) is 0 Å².